The van der Waals surface area contributed by atoms with Crippen molar-refractivity contribution >= 4 is 34.8 Å². The molecular formula is C20H24ClN3O2. The number of hydrogen-bond acceptors (Lipinski definition) is 3. The molecule has 0 radical (unpaired) electrons. The van der Waals surface area contributed by atoms with Crippen molar-refractivity contribution in [2.75, 3.05) is 24.1 Å². The summed E-state index contributed by atoms with van der Waals surface area (Å²) in [6.07, 6.45) is 1.67. The molecule has 0 atom stereocenters. The first kappa shape index (κ1) is 19.8. The summed E-state index contributed by atoms with van der Waals surface area (Å²) in [7, 11) is 0. The van der Waals surface area contributed by atoms with Crippen molar-refractivity contribution < 1.29 is 9.59 Å². The second-order valence-electron chi connectivity index (χ2n) is 6.07. The van der Waals surface area contributed by atoms with E-state index < -0.39 is 0 Å². The summed E-state index contributed by atoms with van der Waals surface area (Å²) in [4.78, 5) is 26.4. The van der Waals surface area contributed by atoms with E-state index >= 15 is 0 Å². The molecule has 0 aliphatic carbocycles. The molecule has 0 heterocycles. The van der Waals surface area contributed by atoms with Gasteiger partial charge in [-0.1, -0.05) is 36.7 Å². The van der Waals surface area contributed by atoms with Gasteiger partial charge in [0.15, 0.2) is 0 Å². The maximum Gasteiger partial charge on any atom is 0.243 e. The van der Waals surface area contributed by atoms with E-state index in [1.807, 2.05) is 31.2 Å². The number of aryl methyl sites for hydroxylation is 1. The molecule has 0 saturated carbocycles. The van der Waals surface area contributed by atoms with Gasteiger partial charge in [0.05, 0.1) is 6.54 Å². The Morgan fingerprint density at radius 3 is 2.46 bits per heavy atom. The van der Waals surface area contributed by atoms with Gasteiger partial charge in [-0.3, -0.25) is 9.59 Å². The van der Waals surface area contributed by atoms with Crippen molar-refractivity contribution in [1.82, 2.24) is 4.90 Å². The van der Waals surface area contributed by atoms with Crippen molar-refractivity contribution in [1.29, 1.82) is 0 Å². The fourth-order valence-electron chi connectivity index (χ4n) is 2.63. The highest BCUT2D eigenvalue weighted by Crippen LogP contribution is 2.15. The Balaban J connectivity index is 1.91. The first-order chi connectivity index (χ1) is 12.5. The molecule has 0 aromatic heterocycles. The Bertz CT molecular complexity index is 747. The molecule has 0 saturated heterocycles. The third-order valence-electron chi connectivity index (χ3n) is 3.97. The molecule has 2 amide bonds. The zero-order valence-electron chi connectivity index (χ0n) is 14.9. The van der Waals surface area contributed by atoms with Crippen molar-refractivity contribution in [3.05, 3.63) is 59.1 Å². The van der Waals surface area contributed by atoms with Crippen LogP contribution in [0.25, 0.3) is 0 Å². The number of halogens is 1. The van der Waals surface area contributed by atoms with Crippen LogP contribution < -0.4 is 11.1 Å². The minimum atomic E-state index is -0.228. The zero-order chi connectivity index (χ0) is 18.9. The van der Waals surface area contributed by atoms with Gasteiger partial charge in [-0.2, -0.15) is 0 Å². The lowest BCUT2D eigenvalue weighted by molar-refractivity contribution is -0.134. The van der Waals surface area contributed by atoms with E-state index in [0.29, 0.717) is 35.8 Å². The number of nitrogens with one attached hydrogen (secondary N) is 1. The number of nitrogens with zero attached hydrogens (tertiary/aromatic N) is 1. The van der Waals surface area contributed by atoms with E-state index in [0.717, 1.165) is 12.0 Å². The fourth-order valence-corrected chi connectivity index (χ4v) is 2.76. The quantitative estimate of drug-likeness (QED) is 0.692. The molecule has 0 aliphatic heterocycles. The van der Waals surface area contributed by atoms with Gasteiger partial charge in [-0.05, 0) is 48.7 Å². The van der Waals surface area contributed by atoms with Gasteiger partial charge < -0.3 is 16.0 Å². The van der Waals surface area contributed by atoms with Gasteiger partial charge in [0.2, 0.25) is 11.8 Å². The van der Waals surface area contributed by atoms with Crippen LogP contribution in [0.1, 0.15) is 25.3 Å². The van der Waals surface area contributed by atoms with Crippen LogP contribution in [0, 0.1) is 0 Å². The molecular weight excluding hydrogens is 350 g/mol. The van der Waals surface area contributed by atoms with E-state index in [2.05, 4.69) is 5.32 Å². The number of nitrogen functional groups attached to an aromatic ring is 1. The van der Waals surface area contributed by atoms with Crippen LogP contribution in [0.5, 0.6) is 0 Å². The smallest absolute Gasteiger partial charge is 0.243 e. The second kappa shape index (κ2) is 9.82. The van der Waals surface area contributed by atoms with Crippen LogP contribution >= 0.6 is 11.6 Å². The molecule has 2 rings (SSSR count). The summed E-state index contributed by atoms with van der Waals surface area (Å²) in [5.41, 5.74) is 8.20. The number of benzene rings is 2. The average Bonchev–Trinajstić information content (AvgIpc) is 2.62. The van der Waals surface area contributed by atoms with Crippen LogP contribution in [0.2, 0.25) is 5.02 Å². The van der Waals surface area contributed by atoms with Crippen LogP contribution in [-0.2, 0) is 16.0 Å². The molecule has 5 nitrogen and oxygen atoms in total. The zero-order valence-corrected chi connectivity index (χ0v) is 15.6. The monoisotopic (exact) mass is 373 g/mol. The Kier molecular flexibility index (Phi) is 7.48. The first-order valence-electron chi connectivity index (χ1n) is 8.66. The molecule has 2 aromatic carbocycles. The lowest BCUT2D eigenvalue weighted by Gasteiger charge is -2.22. The highest BCUT2D eigenvalue weighted by Gasteiger charge is 2.17. The third-order valence-corrected chi connectivity index (χ3v) is 4.22. The summed E-state index contributed by atoms with van der Waals surface area (Å²) in [5, 5.41) is 3.39. The lowest BCUT2D eigenvalue weighted by Crippen LogP contribution is -2.38. The standard InChI is InChI=1S/C20H24ClN3O2/c1-2-13-24(14-19(25)23-17-10-8-16(21)9-11-17)20(26)12-7-15-5-3-4-6-18(15)22/h3-6,8-11H,2,7,12-14,22H2,1H3,(H,23,25). The molecule has 2 aromatic rings. The number of hydrogen-bond donors (Lipinski definition) is 2. The van der Waals surface area contributed by atoms with Crippen LogP contribution in [-0.4, -0.2) is 29.8 Å². The molecule has 0 unspecified atom stereocenters. The molecule has 0 bridgehead atoms. The van der Waals surface area contributed by atoms with Gasteiger partial charge >= 0.3 is 0 Å². The largest absolute Gasteiger partial charge is 0.399 e. The fraction of sp³-hybridized carbons (Fsp3) is 0.300. The van der Waals surface area contributed by atoms with E-state index in [-0.39, 0.29) is 18.4 Å². The van der Waals surface area contributed by atoms with Gasteiger partial charge in [0.1, 0.15) is 0 Å². The van der Waals surface area contributed by atoms with Crippen molar-refractivity contribution in [3.8, 4) is 0 Å². The Morgan fingerprint density at radius 2 is 1.81 bits per heavy atom. The van der Waals surface area contributed by atoms with Crippen LogP contribution in [0.3, 0.4) is 0 Å². The molecule has 6 heteroatoms. The first-order valence-corrected chi connectivity index (χ1v) is 9.04. The number of anilines is 2. The van der Waals surface area contributed by atoms with E-state index in [9.17, 15) is 9.59 Å². The summed E-state index contributed by atoms with van der Waals surface area (Å²) >= 11 is 5.84. The second-order valence-corrected chi connectivity index (χ2v) is 6.51. The SMILES string of the molecule is CCCN(CC(=O)Nc1ccc(Cl)cc1)C(=O)CCc1ccccc1N. The maximum atomic E-state index is 12.5. The number of carbonyl (C=O) groups excluding carboxylic acids is 2. The van der Waals surface area contributed by atoms with E-state index in [1.165, 1.54) is 0 Å². The van der Waals surface area contributed by atoms with Gasteiger partial charge in [-0.15, -0.1) is 0 Å². The number of nitrogens with two attached hydrogens (primary N) is 1. The van der Waals surface area contributed by atoms with Crippen LogP contribution in [0.4, 0.5) is 11.4 Å². The number of carbonyl (C=O) groups is 2. The van der Waals surface area contributed by atoms with Crippen molar-refractivity contribution in [2.24, 2.45) is 0 Å². The molecule has 3 N–H and O–H groups in total. The topological polar surface area (TPSA) is 75.4 Å². The highest BCUT2D eigenvalue weighted by atomic mass is 35.5. The predicted octanol–water partition coefficient (Wildman–Crippen LogP) is 3.73. The number of amides is 2. The van der Waals surface area contributed by atoms with Crippen LogP contribution in [0.15, 0.2) is 48.5 Å². The highest BCUT2D eigenvalue weighted by molar-refractivity contribution is 6.30. The van der Waals surface area contributed by atoms with E-state index in [4.69, 9.17) is 17.3 Å². The molecule has 0 aliphatic rings. The van der Waals surface area contributed by atoms with Gasteiger partial charge in [0.25, 0.3) is 0 Å². The molecule has 0 spiro atoms. The Morgan fingerprint density at radius 1 is 1.12 bits per heavy atom. The summed E-state index contributed by atoms with van der Waals surface area (Å²) in [5.74, 6) is -0.283. The Labute approximate surface area is 159 Å². The summed E-state index contributed by atoms with van der Waals surface area (Å²) in [6, 6.07) is 14.4. The molecule has 0 fully saturated rings. The number of rotatable bonds is 8. The van der Waals surface area contributed by atoms with Gasteiger partial charge in [-0.25, -0.2) is 0 Å². The number of para-hydroxylation sites is 1. The molecule has 138 valence electrons. The summed E-state index contributed by atoms with van der Waals surface area (Å²) in [6.45, 7) is 2.54. The summed E-state index contributed by atoms with van der Waals surface area (Å²) < 4.78 is 0. The van der Waals surface area contributed by atoms with E-state index in [1.54, 1.807) is 29.2 Å². The minimum Gasteiger partial charge on any atom is -0.399 e. The van der Waals surface area contributed by atoms with Crippen molar-refractivity contribution in [2.45, 2.75) is 26.2 Å². The van der Waals surface area contributed by atoms with Crippen molar-refractivity contribution in [3.63, 3.8) is 0 Å². The minimum absolute atomic E-state index is 0.0274. The average molecular weight is 374 g/mol. The lowest BCUT2D eigenvalue weighted by atomic mass is 10.1. The normalized spacial score (nSPS) is 10.4. The van der Waals surface area contributed by atoms with Gasteiger partial charge in [0, 0.05) is 29.4 Å². The predicted molar refractivity (Wildman–Crippen MR) is 106 cm³/mol. The Hall–Kier alpha value is -2.53. The maximum absolute atomic E-state index is 12.5. The molecule has 26 heavy (non-hydrogen) atoms. The third kappa shape index (κ3) is 6.08.